The van der Waals surface area contributed by atoms with E-state index in [1.54, 1.807) is 24.6 Å². The molecule has 1 unspecified atom stereocenters. The van der Waals surface area contributed by atoms with E-state index < -0.39 is 7.82 Å². The molecular weight excluding hydrogens is 271 g/mol. The van der Waals surface area contributed by atoms with Crippen molar-refractivity contribution in [2.45, 2.75) is 5.37 Å². The summed E-state index contributed by atoms with van der Waals surface area (Å²) >= 11 is 1.22. The minimum atomic E-state index is -4.64. The Balaban J connectivity index is 0.000000249. The predicted octanol–water partition coefficient (Wildman–Crippen LogP) is 0.00540. The van der Waals surface area contributed by atoms with Crippen LogP contribution in [-0.2, 0) is 8.75 Å². The molecule has 2 heterocycles. The molecule has 1 aromatic rings. The zero-order chi connectivity index (χ0) is 12.9. The number of phosphoric acid groups is 1. The van der Waals surface area contributed by atoms with E-state index in [0.717, 1.165) is 0 Å². The van der Waals surface area contributed by atoms with Crippen LogP contribution in [0.2, 0.25) is 0 Å². The third-order valence-electron chi connectivity index (χ3n) is 1.47. The van der Waals surface area contributed by atoms with Crippen LogP contribution in [0.5, 0.6) is 0 Å². The van der Waals surface area contributed by atoms with Crippen LogP contribution in [0.15, 0.2) is 35.6 Å². The second-order valence-electron chi connectivity index (χ2n) is 2.73. The van der Waals surface area contributed by atoms with Crippen molar-refractivity contribution in [1.82, 2.24) is 9.55 Å². The maximum absolute atomic E-state index is 11.2. The molecular formula is C7H9N2O6PS. The summed E-state index contributed by atoms with van der Waals surface area (Å²) in [5.74, 6) is 0. The minimum Gasteiger partial charge on any atom is -0.431 e. The molecule has 0 aliphatic carbocycles. The lowest BCUT2D eigenvalue weighted by molar-refractivity contribution is 0.275. The van der Waals surface area contributed by atoms with Crippen molar-refractivity contribution < 1.29 is 23.4 Å². The van der Waals surface area contributed by atoms with Gasteiger partial charge in [-0.05, 0) is 12.1 Å². The molecule has 2 rings (SSSR count). The second kappa shape index (κ2) is 5.99. The van der Waals surface area contributed by atoms with E-state index in [1.165, 1.54) is 22.8 Å². The van der Waals surface area contributed by atoms with Crippen LogP contribution >= 0.6 is 19.9 Å². The first-order chi connectivity index (χ1) is 7.88. The van der Waals surface area contributed by atoms with Crippen LogP contribution in [0.25, 0.3) is 0 Å². The van der Waals surface area contributed by atoms with Crippen molar-refractivity contribution in [2.24, 2.45) is 0 Å². The Morgan fingerprint density at radius 3 is 2.59 bits per heavy atom. The van der Waals surface area contributed by atoms with Gasteiger partial charge in [0.05, 0.1) is 12.0 Å². The van der Waals surface area contributed by atoms with Gasteiger partial charge in [-0.25, -0.2) is 14.3 Å². The number of hydrogen-bond acceptors (Lipinski definition) is 5. The van der Waals surface area contributed by atoms with Gasteiger partial charge in [-0.15, -0.1) is 0 Å². The molecule has 0 bridgehead atoms. The molecule has 1 atom stereocenters. The van der Waals surface area contributed by atoms with E-state index >= 15 is 0 Å². The number of hydrogen-bond donors (Lipinski definition) is 3. The van der Waals surface area contributed by atoms with E-state index in [-0.39, 0.29) is 11.1 Å². The molecule has 0 spiro atoms. The lowest BCUT2D eigenvalue weighted by Crippen LogP contribution is -2.22. The highest BCUT2D eigenvalue weighted by Crippen LogP contribution is 2.29. The summed E-state index contributed by atoms with van der Waals surface area (Å²) in [4.78, 5) is 36.3. The lowest BCUT2D eigenvalue weighted by Gasteiger charge is -2.06. The summed E-state index contributed by atoms with van der Waals surface area (Å²) in [5, 5.41) is -0.0776. The molecule has 0 saturated heterocycles. The molecule has 0 amide bonds. The van der Waals surface area contributed by atoms with Crippen LogP contribution in [0.4, 0.5) is 0 Å². The van der Waals surface area contributed by atoms with Crippen molar-refractivity contribution in [3.63, 3.8) is 0 Å². The van der Waals surface area contributed by atoms with Gasteiger partial charge in [0.2, 0.25) is 0 Å². The Morgan fingerprint density at radius 1 is 1.47 bits per heavy atom. The Bertz CT molecular complexity index is 489. The van der Waals surface area contributed by atoms with E-state index in [9.17, 15) is 4.79 Å². The first kappa shape index (κ1) is 13.9. The minimum absolute atomic E-state index is 0.0776. The zero-order valence-electron chi connectivity index (χ0n) is 8.28. The number of nitrogens with zero attached hydrogens (tertiary/aromatic N) is 2. The standard InChI is InChI=1S/C7H6N2O2S.H3O4P/c10-7-8-3-1-4-9(7)6-2-5-11-12-6;1-5(2,3)4/h1-6H;(H3,1,2,3,4). The molecule has 0 aromatic carbocycles. The molecule has 1 aliphatic rings. The Kier molecular flexibility index (Phi) is 4.91. The fourth-order valence-corrected chi connectivity index (χ4v) is 1.55. The monoisotopic (exact) mass is 280 g/mol. The molecule has 94 valence electrons. The molecule has 0 fully saturated rings. The van der Waals surface area contributed by atoms with Gasteiger partial charge in [0.15, 0.2) is 0 Å². The molecule has 3 N–H and O–H groups in total. The van der Waals surface area contributed by atoms with Gasteiger partial charge in [0, 0.05) is 12.4 Å². The van der Waals surface area contributed by atoms with E-state index in [0.29, 0.717) is 0 Å². The van der Waals surface area contributed by atoms with Crippen molar-refractivity contribution in [3.05, 3.63) is 41.3 Å². The Morgan fingerprint density at radius 2 is 2.12 bits per heavy atom. The summed E-state index contributed by atoms with van der Waals surface area (Å²) in [6.07, 6.45) is 6.53. The SMILES string of the molecule is O=P(O)(O)O.O=c1ncccn1C1C=COS1. The van der Waals surface area contributed by atoms with Gasteiger partial charge in [-0.2, -0.15) is 0 Å². The van der Waals surface area contributed by atoms with Gasteiger partial charge in [0.1, 0.15) is 11.6 Å². The average molecular weight is 280 g/mol. The summed E-state index contributed by atoms with van der Waals surface area (Å²) in [6, 6.07) is 1.72. The highest BCUT2D eigenvalue weighted by molar-refractivity contribution is 7.95. The van der Waals surface area contributed by atoms with Crippen molar-refractivity contribution in [3.8, 4) is 0 Å². The number of aromatic nitrogens is 2. The topological polar surface area (TPSA) is 122 Å². The molecule has 0 saturated carbocycles. The van der Waals surface area contributed by atoms with Gasteiger partial charge >= 0.3 is 13.5 Å². The summed E-state index contributed by atoms with van der Waals surface area (Å²) < 4.78 is 15.3. The van der Waals surface area contributed by atoms with Gasteiger partial charge < -0.3 is 18.9 Å². The molecule has 1 aromatic heterocycles. The van der Waals surface area contributed by atoms with Crippen molar-refractivity contribution in [1.29, 1.82) is 0 Å². The van der Waals surface area contributed by atoms with Crippen LogP contribution in [0, 0.1) is 0 Å². The maximum atomic E-state index is 11.2. The third kappa shape index (κ3) is 5.66. The molecule has 1 aliphatic heterocycles. The highest BCUT2D eigenvalue weighted by Gasteiger charge is 2.14. The fourth-order valence-electron chi connectivity index (χ4n) is 0.922. The van der Waals surface area contributed by atoms with E-state index in [1.807, 2.05) is 0 Å². The van der Waals surface area contributed by atoms with Crippen LogP contribution < -0.4 is 5.69 Å². The predicted molar refractivity (Wildman–Crippen MR) is 59.6 cm³/mol. The zero-order valence-corrected chi connectivity index (χ0v) is 9.99. The number of rotatable bonds is 1. The summed E-state index contributed by atoms with van der Waals surface area (Å²) in [7, 11) is -4.64. The van der Waals surface area contributed by atoms with E-state index in [2.05, 4.69) is 4.98 Å². The van der Waals surface area contributed by atoms with Crippen molar-refractivity contribution >= 4 is 19.9 Å². The molecule has 10 heteroatoms. The lowest BCUT2D eigenvalue weighted by atomic mass is 10.5. The first-order valence-corrected chi connectivity index (χ1v) is 6.55. The second-order valence-corrected chi connectivity index (χ2v) is 4.63. The summed E-state index contributed by atoms with van der Waals surface area (Å²) in [5.41, 5.74) is -0.259. The van der Waals surface area contributed by atoms with E-state index in [4.69, 9.17) is 23.4 Å². The molecule has 8 nitrogen and oxygen atoms in total. The maximum Gasteiger partial charge on any atom is 0.466 e. The molecule has 17 heavy (non-hydrogen) atoms. The van der Waals surface area contributed by atoms with Crippen LogP contribution in [-0.4, -0.2) is 24.2 Å². The fraction of sp³-hybridized carbons (Fsp3) is 0.143. The normalized spacial score (nSPS) is 18.2. The smallest absolute Gasteiger partial charge is 0.431 e. The van der Waals surface area contributed by atoms with Crippen LogP contribution in [0.1, 0.15) is 5.37 Å². The molecule has 0 radical (unpaired) electrons. The Labute approximate surface area is 100 Å². The summed E-state index contributed by atoms with van der Waals surface area (Å²) in [6.45, 7) is 0. The average Bonchev–Trinajstić information content (AvgIpc) is 2.68. The quantitative estimate of drug-likeness (QED) is 0.485. The Hall–Kier alpha value is -1.12. The first-order valence-electron chi connectivity index (χ1n) is 4.18. The van der Waals surface area contributed by atoms with Gasteiger partial charge in [-0.1, -0.05) is 0 Å². The highest BCUT2D eigenvalue weighted by atomic mass is 32.2. The third-order valence-corrected chi connectivity index (χ3v) is 2.27. The van der Waals surface area contributed by atoms with Gasteiger partial charge in [0.25, 0.3) is 0 Å². The van der Waals surface area contributed by atoms with Crippen LogP contribution in [0.3, 0.4) is 0 Å². The van der Waals surface area contributed by atoms with Gasteiger partial charge in [-0.3, -0.25) is 4.57 Å². The van der Waals surface area contributed by atoms with Crippen molar-refractivity contribution in [2.75, 3.05) is 0 Å². The largest absolute Gasteiger partial charge is 0.466 e.